The van der Waals surface area contributed by atoms with Crippen LogP contribution in [0.25, 0.3) is 10.9 Å². The molecule has 0 bridgehead atoms. The highest BCUT2D eigenvalue weighted by Gasteiger charge is 2.35. The van der Waals surface area contributed by atoms with E-state index in [4.69, 9.17) is 0 Å². The van der Waals surface area contributed by atoms with Crippen LogP contribution >= 0.6 is 0 Å². The van der Waals surface area contributed by atoms with Gasteiger partial charge in [-0.15, -0.1) is 0 Å². The Hall–Kier alpha value is -2.39. The van der Waals surface area contributed by atoms with Gasteiger partial charge >= 0.3 is 0 Å². The molecular weight excluding hydrogens is 392 g/mol. The highest BCUT2D eigenvalue weighted by atomic mass is 32.2. The minimum absolute atomic E-state index is 0.0211. The first-order valence-electron chi connectivity index (χ1n) is 9.94. The molecule has 8 nitrogen and oxygen atoms in total. The van der Waals surface area contributed by atoms with Crippen LogP contribution in [0.2, 0.25) is 0 Å². The molecule has 1 aromatic heterocycles. The van der Waals surface area contributed by atoms with Crippen molar-refractivity contribution in [1.82, 2.24) is 19.9 Å². The van der Waals surface area contributed by atoms with Gasteiger partial charge in [-0.3, -0.25) is 9.59 Å². The van der Waals surface area contributed by atoms with Crippen molar-refractivity contribution in [2.75, 3.05) is 19.3 Å². The Balaban J connectivity index is 1.48. The van der Waals surface area contributed by atoms with Crippen LogP contribution in [0.1, 0.15) is 37.3 Å². The van der Waals surface area contributed by atoms with E-state index in [0.29, 0.717) is 38.8 Å². The SMILES string of the molecule is CS(=O)(=O)N1CCC(C(=O)N[C@@H]2CCC(=O)N[C@H]2c2c[nH]c3ccccc23)CC1. The summed E-state index contributed by atoms with van der Waals surface area (Å²) >= 11 is 0. The predicted molar refractivity (Wildman–Crippen MR) is 109 cm³/mol. The van der Waals surface area contributed by atoms with Crippen molar-refractivity contribution in [3.05, 3.63) is 36.0 Å². The maximum Gasteiger partial charge on any atom is 0.223 e. The number of nitrogens with zero attached hydrogens (tertiary/aromatic N) is 1. The third kappa shape index (κ3) is 4.16. The lowest BCUT2D eigenvalue weighted by Crippen LogP contribution is -2.52. The number of nitrogens with one attached hydrogen (secondary N) is 3. The first-order chi connectivity index (χ1) is 13.8. The van der Waals surface area contributed by atoms with E-state index in [1.165, 1.54) is 10.6 Å². The lowest BCUT2D eigenvalue weighted by molar-refractivity contribution is -0.129. The van der Waals surface area contributed by atoms with E-state index in [-0.39, 0.29) is 29.8 Å². The second-order valence-corrected chi connectivity index (χ2v) is 9.91. The molecule has 0 radical (unpaired) electrons. The van der Waals surface area contributed by atoms with Crippen molar-refractivity contribution in [3.63, 3.8) is 0 Å². The molecule has 3 heterocycles. The zero-order valence-electron chi connectivity index (χ0n) is 16.3. The van der Waals surface area contributed by atoms with E-state index >= 15 is 0 Å². The average Bonchev–Trinajstić information content (AvgIpc) is 3.13. The first-order valence-corrected chi connectivity index (χ1v) is 11.8. The number of para-hydroxylation sites is 1. The molecule has 29 heavy (non-hydrogen) atoms. The molecule has 2 amide bonds. The van der Waals surface area contributed by atoms with Crippen LogP contribution in [0.15, 0.2) is 30.5 Å². The van der Waals surface area contributed by atoms with Crippen molar-refractivity contribution in [2.45, 2.75) is 37.8 Å². The fourth-order valence-electron chi connectivity index (χ4n) is 4.35. The fraction of sp³-hybridized carbons (Fsp3) is 0.500. The quantitative estimate of drug-likeness (QED) is 0.694. The van der Waals surface area contributed by atoms with Gasteiger partial charge < -0.3 is 15.6 Å². The Kier molecular flexibility index (Phi) is 5.35. The molecule has 2 saturated heterocycles. The number of benzene rings is 1. The molecule has 3 N–H and O–H groups in total. The van der Waals surface area contributed by atoms with Crippen molar-refractivity contribution >= 4 is 32.7 Å². The number of sulfonamides is 1. The van der Waals surface area contributed by atoms with Crippen LogP contribution in [-0.4, -0.2) is 54.9 Å². The lowest BCUT2D eigenvalue weighted by atomic mass is 9.90. The normalized spacial score (nSPS) is 24.4. The number of aromatic amines is 1. The van der Waals surface area contributed by atoms with Crippen LogP contribution < -0.4 is 10.6 Å². The van der Waals surface area contributed by atoms with E-state index in [1.807, 2.05) is 30.5 Å². The smallest absolute Gasteiger partial charge is 0.223 e. The van der Waals surface area contributed by atoms with E-state index in [2.05, 4.69) is 15.6 Å². The largest absolute Gasteiger partial charge is 0.361 e. The summed E-state index contributed by atoms with van der Waals surface area (Å²) in [7, 11) is -3.22. The molecule has 0 unspecified atom stereocenters. The molecule has 4 rings (SSSR count). The van der Waals surface area contributed by atoms with Crippen LogP contribution in [0.4, 0.5) is 0 Å². The molecule has 2 aliphatic heterocycles. The zero-order valence-corrected chi connectivity index (χ0v) is 17.2. The van der Waals surface area contributed by atoms with Crippen LogP contribution in [0.3, 0.4) is 0 Å². The lowest BCUT2D eigenvalue weighted by Gasteiger charge is -2.35. The maximum absolute atomic E-state index is 12.9. The molecule has 2 atom stereocenters. The maximum atomic E-state index is 12.9. The average molecular weight is 419 g/mol. The van der Waals surface area contributed by atoms with Crippen molar-refractivity contribution in [3.8, 4) is 0 Å². The number of carbonyl (C=O) groups is 2. The van der Waals surface area contributed by atoms with Gasteiger partial charge in [-0.2, -0.15) is 0 Å². The molecule has 9 heteroatoms. The topological polar surface area (TPSA) is 111 Å². The van der Waals surface area contributed by atoms with E-state index in [1.54, 1.807) is 0 Å². The molecule has 0 spiro atoms. The van der Waals surface area contributed by atoms with Crippen LogP contribution in [-0.2, 0) is 19.6 Å². The third-order valence-corrected chi connectivity index (χ3v) is 7.28. The number of carbonyl (C=O) groups excluding carboxylic acids is 2. The Labute approximate surface area is 170 Å². The summed E-state index contributed by atoms with van der Waals surface area (Å²) in [5.41, 5.74) is 1.95. The Morgan fingerprint density at radius 2 is 1.90 bits per heavy atom. The highest BCUT2D eigenvalue weighted by Crippen LogP contribution is 2.31. The van der Waals surface area contributed by atoms with Gasteiger partial charge in [0.05, 0.1) is 18.3 Å². The van der Waals surface area contributed by atoms with Gasteiger partial charge in [-0.1, -0.05) is 18.2 Å². The number of piperidine rings is 2. The second-order valence-electron chi connectivity index (χ2n) is 7.92. The Morgan fingerprint density at radius 3 is 2.62 bits per heavy atom. The van der Waals surface area contributed by atoms with Gasteiger partial charge in [0.15, 0.2) is 0 Å². The predicted octanol–water partition coefficient (Wildman–Crippen LogP) is 1.28. The van der Waals surface area contributed by atoms with E-state index < -0.39 is 10.0 Å². The molecule has 156 valence electrons. The van der Waals surface area contributed by atoms with E-state index in [9.17, 15) is 18.0 Å². The van der Waals surface area contributed by atoms with Gasteiger partial charge in [0.25, 0.3) is 0 Å². The van der Waals surface area contributed by atoms with Crippen molar-refractivity contribution in [2.24, 2.45) is 5.92 Å². The van der Waals surface area contributed by atoms with Gasteiger partial charge in [0.2, 0.25) is 21.8 Å². The minimum Gasteiger partial charge on any atom is -0.361 e. The van der Waals surface area contributed by atoms with Crippen molar-refractivity contribution < 1.29 is 18.0 Å². The summed E-state index contributed by atoms with van der Waals surface area (Å²) in [6, 6.07) is 7.38. The first kappa shape index (κ1) is 19.9. The van der Waals surface area contributed by atoms with Gasteiger partial charge in [-0.05, 0) is 25.3 Å². The number of fused-ring (bicyclic) bond motifs is 1. The molecule has 2 aliphatic rings. The number of amides is 2. The van der Waals surface area contributed by atoms with Crippen LogP contribution in [0, 0.1) is 5.92 Å². The van der Waals surface area contributed by atoms with Crippen molar-refractivity contribution in [1.29, 1.82) is 0 Å². The zero-order chi connectivity index (χ0) is 20.6. The molecule has 1 aromatic carbocycles. The number of rotatable bonds is 4. The minimum atomic E-state index is -3.22. The number of H-pyrrole nitrogens is 1. The fourth-order valence-corrected chi connectivity index (χ4v) is 5.23. The second kappa shape index (κ2) is 7.79. The highest BCUT2D eigenvalue weighted by molar-refractivity contribution is 7.88. The number of aromatic nitrogens is 1. The molecular formula is C20H26N4O4S. The van der Waals surface area contributed by atoms with Gasteiger partial charge in [0.1, 0.15) is 0 Å². The Bertz CT molecular complexity index is 1020. The standard InChI is InChI=1S/C20H26N4O4S/c1-29(27,28)24-10-8-13(9-11-24)20(26)22-17-6-7-18(25)23-19(17)15-12-21-16-5-3-2-4-14(15)16/h2-5,12-13,17,19,21H,6-11H2,1H3,(H,22,26)(H,23,25)/t17-,19+/m1/s1. The third-order valence-electron chi connectivity index (χ3n) is 5.98. The van der Waals surface area contributed by atoms with Gasteiger partial charge in [-0.25, -0.2) is 12.7 Å². The molecule has 0 saturated carbocycles. The Morgan fingerprint density at radius 1 is 1.17 bits per heavy atom. The monoisotopic (exact) mass is 418 g/mol. The molecule has 0 aliphatic carbocycles. The summed E-state index contributed by atoms with van der Waals surface area (Å²) in [6.45, 7) is 0.731. The summed E-state index contributed by atoms with van der Waals surface area (Å²) in [5.74, 6) is -0.300. The summed E-state index contributed by atoms with van der Waals surface area (Å²) in [6.07, 6.45) is 5.06. The van der Waals surface area contributed by atoms with Gasteiger partial charge in [0, 0.05) is 48.1 Å². The summed E-state index contributed by atoms with van der Waals surface area (Å²) in [4.78, 5) is 28.2. The molecule has 2 fully saturated rings. The summed E-state index contributed by atoms with van der Waals surface area (Å²) in [5, 5.41) is 7.19. The van der Waals surface area contributed by atoms with E-state index in [0.717, 1.165) is 16.5 Å². The number of hydrogen-bond acceptors (Lipinski definition) is 4. The molecule has 2 aromatic rings. The van der Waals surface area contributed by atoms with Crippen LogP contribution in [0.5, 0.6) is 0 Å². The number of hydrogen-bond donors (Lipinski definition) is 3. The summed E-state index contributed by atoms with van der Waals surface area (Å²) < 4.78 is 24.8.